The molecule has 1 unspecified atom stereocenters. The molecule has 1 amide bonds. The molecular formula is C14H15N3O2. The van der Waals surface area contributed by atoms with Crippen LogP contribution in [0, 0.1) is 6.92 Å². The molecule has 1 aromatic heterocycles. The fourth-order valence-corrected chi connectivity index (χ4v) is 1.65. The summed E-state index contributed by atoms with van der Waals surface area (Å²) in [6.07, 6.45) is 0. The second kappa shape index (κ2) is 5.49. The van der Waals surface area contributed by atoms with Crippen LogP contribution >= 0.6 is 0 Å². The molecule has 0 spiro atoms. The zero-order chi connectivity index (χ0) is 13.8. The lowest BCUT2D eigenvalue weighted by Gasteiger charge is -2.13. The monoisotopic (exact) mass is 257 g/mol. The molecule has 0 aliphatic carbocycles. The van der Waals surface area contributed by atoms with Gasteiger partial charge in [0.25, 0.3) is 0 Å². The molecule has 2 aromatic rings. The molecule has 19 heavy (non-hydrogen) atoms. The summed E-state index contributed by atoms with van der Waals surface area (Å²) in [5, 5.41) is 12.1. The smallest absolute Gasteiger partial charge is 0.247 e. The molecule has 0 saturated heterocycles. The highest BCUT2D eigenvalue weighted by atomic mass is 16.3. The number of benzene rings is 1. The number of carbonyl (C=O) groups excluding carboxylic acids is 1. The Morgan fingerprint density at radius 3 is 2.63 bits per heavy atom. The zero-order valence-electron chi connectivity index (χ0n) is 10.5. The molecule has 0 aliphatic heterocycles. The highest BCUT2D eigenvalue weighted by Gasteiger charge is 2.17. The maximum Gasteiger partial charge on any atom is 0.247 e. The minimum absolute atomic E-state index is 0.0841. The molecule has 5 nitrogen and oxygen atoms in total. The number of nitrogens with one attached hydrogen (secondary N) is 1. The number of amides is 1. The summed E-state index contributed by atoms with van der Waals surface area (Å²) in [6, 6.07) is 11.3. The first-order valence-corrected chi connectivity index (χ1v) is 5.86. The Bertz CT molecular complexity index is 584. The molecule has 2 rings (SSSR count). The van der Waals surface area contributed by atoms with Crippen molar-refractivity contribution in [1.82, 2.24) is 4.98 Å². The average Bonchev–Trinajstić information content (AvgIpc) is 2.43. The van der Waals surface area contributed by atoms with Crippen molar-refractivity contribution in [3.63, 3.8) is 0 Å². The first-order chi connectivity index (χ1) is 9.08. The summed E-state index contributed by atoms with van der Waals surface area (Å²) in [5.74, 6) is -0.379. The van der Waals surface area contributed by atoms with Crippen molar-refractivity contribution in [2.75, 3.05) is 5.32 Å². The number of rotatable bonds is 3. The lowest BCUT2D eigenvalue weighted by atomic mass is 10.1. The van der Waals surface area contributed by atoms with E-state index >= 15 is 0 Å². The highest BCUT2D eigenvalue weighted by Crippen LogP contribution is 2.21. The number of hydrogen-bond donors (Lipinski definition) is 3. The topological polar surface area (TPSA) is 88.2 Å². The summed E-state index contributed by atoms with van der Waals surface area (Å²) in [4.78, 5) is 16.0. The third-order valence-electron chi connectivity index (χ3n) is 2.70. The van der Waals surface area contributed by atoms with Crippen molar-refractivity contribution >= 4 is 11.7 Å². The van der Waals surface area contributed by atoms with Gasteiger partial charge in [0.05, 0.1) is 0 Å². The average molecular weight is 257 g/mol. The summed E-state index contributed by atoms with van der Waals surface area (Å²) in [5.41, 5.74) is 7.25. The Balaban J connectivity index is 2.15. The third kappa shape index (κ3) is 3.08. The van der Waals surface area contributed by atoms with E-state index in [0.29, 0.717) is 11.3 Å². The summed E-state index contributed by atoms with van der Waals surface area (Å²) in [7, 11) is 0. The number of pyridine rings is 1. The van der Waals surface area contributed by atoms with Crippen molar-refractivity contribution in [2.45, 2.75) is 13.0 Å². The molecule has 0 aliphatic rings. The number of aromatic nitrogens is 1. The predicted molar refractivity (Wildman–Crippen MR) is 72.6 cm³/mol. The van der Waals surface area contributed by atoms with Gasteiger partial charge in [-0.2, -0.15) is 0 Å². The summed E-state index contributed by atoms with van der Waals surface area (Å²) in [6.45, 7) is 1.77. The maximum atomic E-state index is 12.0. The SMILES string of the molecule is Cc1ccc(O)c(NC(=O)C(N)c2ccccc2)n1. The van der Waals surface area contributed by atoms with Gasteiger partial charge in [-0.3, -0.25) is 4.79 Å². The second-order valence-electron chi connectivity index (χ2n) is 4.20. The minimum atomic E-state index is -0.803. The number of aromatic hydroxyl groups is 1. The van der Waals surface area contributed by atoms with E-state index in [1.807, 2.05) is 18.2 Å². The van der Waals surface area contributed by atoms with E-state index in [-0.39, 0.29) is 11.6 Å². The number of nitrogens with zero attached hydrogens (tertiary/aromatic N) is 1. The lowest BCUT2D eigenvalue weighted by molar-refractivity contribution is -0.117. The van der Waals surface area contributed by atoms with Gasteiger partial charge in [-0.05, 0) is 24.6 Å². The van der Waals surface area contributed by atoms with E-state index in [0.717, 1.165) is 0 Å². The summed E-state index contributed by atoms with van der Waals surface area (Å²) < 4.78 is 0. The van der Waals surface area contributed by atoms with E-state index in [2.05, 4.69) is 10.3 Å². The fourth-order valence-electron chi connectivity index (χ4n) is 1.65. The van der Waals surface area contributed by atoms with Gasteiger partial charge >= 0.3 is 0 Å². The van der Waals surface area contributed by atoms with Crippen LogP contribution in [0.4, 0.5) is 5.82 Å². The van der Waals surface area contributed by atoms with Gasteiger partial charge < -0.3 is 16.2 Å². The molecule has 0 fully saturated rings. The van der Waals surface area contributed by atoms with E-state index in [4.69, 9.17) is 5.73 Å². The Morgan fingerprint density at radius 1 is 1.26 bits per heavy atom. The van der Waals surface area contributed by atoms with Gasteiger partial charge in [-0.25, -0.2) is 4.98 Å². The highest BCUT2D eigenvalue weighted by molar-refractivity contribution is 5.95. The zero-order valence-corrected chi connectivity index (χ0v) is 10.5. The Kier molecular flexibility index (Phi) is 3.77. The Morgan fingerprint density at radius 2 is 1.95 bits per heavy atom. The first-order valence-electron chi connectivity index (χ1n) is 5.86. The van der Waals surface area contributed by atoms with Crippen molar-refractivity contribution in [1.29, 1.82) is 0 Å². The van der Waals surface area contributed by atoms with Crippen molar-refractivity contribution in [3.05, 3.63) is 53.7 Å². The van der Waals surface area contributed by atoms with E-state index in [1.54, 1.807) is 25.1 Å². The first kappa shape index (κ1) is 13.0. The predicted octanol–water partition coefficient (Wildman–Crippen LogP) is 1.73. The Hall–Kier alpha value is -2.40. The number of aryl methyl sites for hydroxylation is 1. The standard InChI is InChI=1S/C14H15N3O2/c1-9-7-8-11(18)13(16-9)17-14(19)12(15)10-5-3-2-4-6-10/h2-8,12,18H,15H2,1H3,(H,16,17,19). The Labute approximate surface area is 111 Å². The molecule has 0 bridgehead atoms. The van der Waals surface area contributed by atoms with Gasteiger partial charge in [0, 0.05) is 5.69 Å². The van der Waals surface area contributed by atoms with Crippen LogP contribution in [0.5, 0.6) is 5.75 Å². The van der Waals surface area contributed by atoms with Crippen LogP contribution in [-0.2, 0) is 4.79 Å². The van der Waals surface area contributed by atoms with Crippen LogP contribution in [-0.4, -0.2) is 16.0 Å². The lowest BCUT2D eigenvalue weighted by Crippen LogP contribution is -2.28. The minimum Gasteiger partial charge on any atom is -0.504 e. The van der Waals surface area contributed by atoms with Gasteiger partial charge in [0.15, 0.2) is 11.6 Å². The number of nitrogens with two attached hydrogens (primary N) is 1. The number of hydrogen-bond acceptors (Lipinski definition) is 4. The van der Waals surface area contributed by atoms with Crippen molar-refractivity contribution in [3.8, 4) is 5.75 Å². The van der Waals surface area contributed by atoms with Gasteiger partial charge in [0.1, 0.15) is 6.04 Å². The van der Waals surface area contributed by atoms with E-state index in [1.165, 1.54) is 6.07 Å². The fraction of sp³-hybridized carbons (Fsp3) is 0.143. The quantitative estimate of drug-likeness (QED) is 0.781. The molecule has 1 aromatic carbocycles. The van der Waals surface area contributed by atoms with Gasteiger partial charge in [-0.15, -0.1) is 0 Å². The van der Waals surface area contributed by atoms with Crippen molar-refractivity contribution in [2.24, 2.45) is 5.73 Å². The van der Waals surface area contributed by atoms with E-state index in [9.17, 15) is 9.90 Å². The van der Waals surface area contributed by atoms with Crippen LogP contribution in [0.2, 0.25) is 0 Å². The molecule has 1 heterocycles. The molecule has 98 valence electrons. The largest absolute Gasteiger partial charge is 0.504 e. The number of carbonyl (C=O) groups is 1. The van der Waals surface area contributed by atoms with Crippen molar-refractivity contribution < 1.29 is 9.90 Å². The molecule has 4 N–H and O–H groups in total. The van der Waals surface area contributed by atoms with Crippen LogP contribution in [0.3, 0.4) is 0 Å². The van der Waals surface area contributed by atoms with Gasteiger partial charge in [-0.1, -0.05) is 30.3 Å². The number of anilines is 1. The van der Waals surface area contributed by atoms with Crippen LogP contribution in [0.1, 0.15) is 17.3 Å². The third-order valence-corrected chi connectivity index (χ3v) is 2.70. The molecule has 0 saturated carbocycles. The van der Waals surface area contributed by atoms with Gasteiger partial charge in [0.2, 0.25) is 5.91 Å². The van der Waals surface area contributed by atoms with E-state index < -0.39 is 11.9 Å². The molecule has 1 atom stereocenters. The van der Waals surface area contributed by atoms with Crippen LogP contribution in [0.25, 0.3) is 0 Å². The van der Waals surface area contributed by atoms with Crippen LogP contribution in [0.15, 0.2) is 42.5 Å². The van der Waals surface area contributed by atoms with Crippen LogP contribution < -0.4 is 11.1 Å². The summed E-state index contributed by atoms with van der Waals surface area (Å²) >= 11 is 0. The normalized spacial score (nSPS) is 11.9. The molecule has 5 heteroatoms. The molecular weight excluding hydrogens is 242 g/mol. The second-order valence-corrected chi connectivity index (χ2v) is 4.20. The maximum absolute atomic E-state index is 12.0. The molecule has 0 radical (unpaired) electrons.